The van der Waals surface area contributed by atoms with Gasteiger partial charge in [-0.15, -0.1) is 0 Å². The first-order valence-electron chi connectivity index (χ1n) is 6.75. The van der Waals surface area contributed by atoms with Crippen LogP contribution in [0.15, 0.2) is 23.8 Å². The number of allylic oxidation sites excluding steroid dienone is 4. The van der Waals surface area contributed by atoms with Crippen molar-refractivity contribution in [2.24, 2.45) is 0 Å². The van der Waals surface area contributed by atoms with Crippen molar-refractivity contribution in [1.29, 1.82) is 0 Å². The highest BCUT2D eigenvalue weighted by molar-refractivity contribution is 6.33. The van der Waals surface area contributed by atoms with Gasteiger partial charge >= 0.3 is 5.97 Å². The standard InChI is InChI=1S/C15H20O4/c1-2-19-15(18)14(17)10-6-4-3-5-8-12-9-7-11-13(12)16/h5,8-9H,2-4,6-7,10-11H2,1H3/b8-5-. The number of carbonyl (C=O) groups excluding carboxylic acids is 3. The molecule has 0 atom stereocenters. The molecular formula is C15H20O4. The highest BCUT2D eigenvalue weighted by Gasteiger charge is 2.13. The van der Waals surface area contributed by atoms with Crippen LogP contribution in [-0.2, 0) is 19.1 Å². The normalized spacial score (nSPS) is 14.8. The molecule has 0 aromatic heterocycles. The van der Waals surface area contributed by atoms with Crippen LogP contribution in [0.25, 0.3) is 0 Å². The summed E-state index contributed by atoms with van der Waals surface area (Å²) in [7, 11) is 0. The molecule has 0 aliphatic heterocycles. The van der Waals surface area contributed by atoms with Crippen LogP contribution < -0.4 is 0 Å². The zero-order valence-electron chi connectivity index (χ0n) is 11.3. The van der Waals surface area contributed by atoms with Crippen molar-refractivity contribution in [3.05, 3.63) is 23.8 Å². The van der Waals surface area contributed by atoms with E-state index in [4.69, 9.17) is 0 Å². The zero-order chi connectivity index (χ0) is 14.1. The first kappa shape index (κ1) is 15.3. The Morgan fingerprint density at radius 3 is 2.79 bits per heavy atom. The molecule has 0 bridgehead atoms. The van der Waals surface area contributed by atoms with Gasteiger partial charge in [-0.05, 0) is 32.6 Å². The average Bonchev–Trinajstić information content (AvgIpc) is 2.79. The third-order valence-electron chi connectivity index (χ3n) is 2.88. The molecule has 0 fully saturated rings. The summed E-state index contributed by atoms with van der Waals surface area (Å²) in [6.45, 7) is 1.91. The lowest BCUT2D eigenvalue weighted by Gasteiger charge is -2.00. The number of Topliss-reactive ketones (excluding diaryl/α,β-unsaturated/α-hetero) is 2. The molecule has 1 rings (SSSR count). The molecule has 0 saturated heterocycles. The van der Waals surface area contributed by atoms with Gasteiger partial charge in [-0.2, -0.15) is 0 Å². The molecule has 0 aromatic rings. The fraction of sp³-hybridized carbons (Fsp3) is 0.533. The number of rotatable bonds is 8. The van der Waals surface area contributed by atoms with E-state index in [-0.39, 0.29) is 18.8 Å². The van der Waals surface area contributed by atoms with Crippen LogP contribution in [0.3, 0.4) is 0 Å². The number of esters is 1. The van der Waals surface area contributed by atoms with Gasteiger partial charge in [-0.3, -0.25) is 9.59 Å². The average molecular weight is 264 g/mol. The van der Waals surface area contributed by atoms with Gasteiger partial charge in [-0.1, -0.05) is 18.2 Å². The summed E-state index contributed by atoms with van der Waals surface area (Å²) in [6.07, 6.45) is 9.73. The van der Waals surface area contributed by atoms with Crippen molar-refractivity contribution in [3.8, 4) is 0 Å². The molecule has 0 amide bonds. The molecule has 4 nitrogen and oxygen atoms in total. The first-order chi connectivity index (χ1) is 9.15. The van der Waals surface area contributed by atoms with Crippen molar-refractivity contribution < 1.29 is 19.1 Å². The van der Waals surface area contributed by atoms with Gasteiger partial charge in [0.15, 0.2) is 5.78 Å². The second kappa shape index (κ2) is 8.40. The Labute approximate surface area is 113 Å². The summed E-state index contributed by atoms with van der Waals surface area (Å²) in [5, 5.41) is 0. The van der Waals surface area contributed by atoms with E-state index in [1.165, 1.54) is 0 Å². The minimum atomic E-state index is -0.736. The molecule has 0 aromatic carbocycles. The monoisotopic (exact) mass is 264 g/mol. The Morgan fingerprint density at radius 1 is 1.37 bits per heavy atom. The number of unbranched alkanes of at least 4 members (excludes halogenated alkanes) is 2. The third kappa shape index (κ3) is 5.64. The van der Waals surface area contributed by atoms with E-state index in [9.17, 15) is 14.4 Å². The van der Waals surface area contributed by atoms with Crippen LogP contribution in [0.4, 0.5) is 0 Å². The lowest BCUT2D eigenvalue weighted by Crippen LogP contribution is -2.16. The van der Waals surface area contributed by atoms with E-state index >= 15 is 0 Å². The van der Waals surface area contributed by atoms with Crippen LogP contribution in [0.5, 0.6) is 0 Å². The zero-order valence-corrected chi connectivity index (χ0v) is 11.3. The summed E-state index contributed by atoms with van der Waals surface area (Å²) in [6, 6.07) is 0. The molecule has 1 aliphatic rings. The van der Waals surface area contributed by atoms with Crippen molar-refractivity contribution in [2.45, 2.75) is 45.4 Å². The molecule has 4 heteroatoms. The Kier molecular flexibility index (Phi) is 6.79. The molecule has 0 N–H and O–H groups in total. The van der Waals surface area contributed by atoms with Crippen LogP contribution in [0.2, 0.25) is 0 Å². The van der Waals surface area contributed by atoms with Gasteiger partial charge in [-0.25, -0.2) is 4.79 Å². The fourth-order valence-corrected chi connectivity index (χ4v) is 1.85. The summed E-state index contributed by atoms with van der Waals surface area (Å²) in [5.41, 5.74) is 0.794. The largest absolute Gasteiger partial charge is 0.460 e. The van der Waals surface area contributed by atoms with Gasteiger partial charge in [0.1, 0.15) is 0 Å². The van der Waals surface area contributed by atoms with E-state index < -0.39 is 11.8 Å². The molecule has 1 aliphatic carbocycles. The Morgan fingerprint density at radius 2 is 2.16 bits per heavy atom. The second-order valence-electron chi connectivity index (χ2n) is 4.41. The van der Waals surface area contributed by atoms with Crippen molar-refractivity contribution >= 4 is 17.5 Å². The van der Waals surface area contributed by atoms with Crippen LogP contribution in [-0.4, -0.2) is 24.1 Å². The van der Waals surface area contributed by atoms with Crippen molar-refractivity contribution in [2.75, 3.05) is 6.61 Å². The number of hydrogen-bond acceptors (Lipinski definition) is 4. The lowest BCUT2D eigenvalue weighted by molar-refractivity contribution is -0.153. The first-order valence-corrected chi connectivity index (χ1v) is 6.75. The molecule has 0 saturated carbocycles. The van der Waals surface area contributed by atoms with E-state index in [1.807, 2.05) is 18.2 Å². The minimum Gasteiger partial charge on any atom is -0.460 e. The van der Waals surface area contributed by atoms with Crippen LogP contribution >= 0.6 is 0 Å². The molecule has 0 unspecified atom stereocenters. The molecule has 104 valence electrons. The summed E-state index contributed by atoms with van der Waals surface area (Å²) >= 11 is 0. The number of ether oxygens (including phenoxy) is 1. The molecular weight excluding hydrogens is 244 g/mol. The highest BCUT2D eigenvalue weighted by Crippen LogP contribution is 2.15. The number of ketones is 2. The van der Waals surface area contributed by atoms with Gasteiger partial charge in [0.2, 0.25) is 5.78 Å². The predicted octanol–water partition coefficient (Wildman–Crippen LogP) is 2.52. The number of hydrogen-bond donors (Lipinski definition) is 0. The Hall–Kier alpha value is -1.71. The molecule has 19 heavy (non-hydrogen) atoms. The van der Waals surface area contributed by atoms with Crippen molar-refractivity contribution in [1.82, 2.24) is 0 Å². The van der Waals surface area contributed by atoms with Crippen LogP contribution in [0, 0.1) is 0 Å². The van der Waals surface area contributed by atoms with Crippen molar-refractivity contribution in [3.63, 3.8) is 0 Å². The predicted molar refractivity (Wildman–Crippen MR) is 71.6 cm³/mol. The van der Waals surface area contributed by atoms with Gasteiger partial charge in [0.25, 0.3) is 0 Å². The van der Waals surface area contributed by atoms with Gasteiger partial charge < -0.3 is 4.74 Å². The minimum absolute atomic E-state index is 0.203. The lowest BCUT2D eigenvalue weighted by atomic mass is 10.1. The Balaban J connectivity index is 2.11. The maximum atomic E-state index is 11.3. The topological polar surface area (TPSA) is 60.4 Å². The third-order valence-corrected chi connectivity index (χ3v) is 2.88. The van der Waals surface area contributed by atoms with Crippen LogP contribution in [0.1, 0.15) is 45.4 Å². The second-order valence-corrected chi connectivity index (χ2v) is 4.41. The molecule has 0 radical (unpaired) electrons. The Bertz CT molecular complexity index is 404. The smallest absolute Gasteiger partial charge is 0.374 e. The number of carbonyl (C=O) groups is 3. The highest BCUT2D eigenvalue weighted by atomic mass is 16.5. The quantitative estimate of drug-likeness (QED) is 0.384. The maximum absolute atomic E-state index is 11.3. The fourth-order valence-electron chi connectivity index (χ4n) is 1.85. The van der Waals surface area contributed by atoms with Gasteiger partial charge in [0, 0.05) is 18.4 Å². The summed E-state index contributed by atoms with van der Waals surface area (Å²) in [5.74, 6) is -0.993. The van der Waals surface area contributed by atoms with E-state index in [2.05, 4.69) is 4.74 Å². The van der Waals surface area contributed by atoms with E-state index in [1.54, 1.807) is 6.92 Å². The van der Waals surface area contributed by atoms with Gasteiger partial charge in [0.05, 0.1) is 6.61 Å². The van der Waals surface area contributed by atoms with E-state index in [0.717, 1.165) is 24.8 Å². The molecule has 0 heterocycles. The molecule has 0 spiro atoms. The van der Waals surface area contributed by atoms with E-state index in [0.29, 0.717) is 12.8 Å². The summed E-state index contributed by atoms with van der Waals surface area (Å²) < 4.78 is 4.61. The summed E-state index contributed by atoms with van der Waals surface area (Å²) in [4.78, 5) is 33.6. The maximum Gasteiger partial charge on any atom is 0.374 e. The SMILES string of the molecule is CCOC(=O)C(=O)CCCC/C=C\C1=CCCC1=O.